The molecule has 4 saturated heterocycles. The Balaban J connectivity index is 1.20. The van der Waals surface area contributed by atoms with E-state index in [1.807, 2.05) is 0 Å². The van der Waals surface area contributed by atoms with Gasteiger partial charge >= 0.3 is 5.97 Å². The number of carbonyl (C=O) groups is 1. The third-order valence-corrected chi connectivity index (χ3v) is 16.3. The number of cyclic esters (lactones) is 1. The van der Waals surface area contributed by atoms with E-state index in [4.69, 9.17) is 27.9 Å². The van der Waals surface area contributed by atoms with Gasteiger partial charge in [-0.25, -0.2) is 4.79 Å². The third-order valence-electron chi connectivity index (χ3n) is 13.4. The van der Waals surface area contributed by atoms with E-state index < -0.39 is 11.6 Å². The number of hydrogen-bond donors (Lipinski definition) is 0. The molecule has 62 heavy (non-hydrogen) atoms. The molecule has 6 nitrogen and oxygen atoms in total. The first-order valence-electron chi connectivity index (χ1n) is 22.2. The molecule has 5 aliphatic heterocycles. The molecule has 0 radical (unpaired) electrons. The quantitative estimate of drug-likeness (QED) is 0.0789. The van der Waals surface area contributed by atoms with Gasteiger partial charge in [-0.2, -0.15) is 0 Å². The van der Waals surface area contributed by atoms with Crippen LogP contribution in [-0.2, 0) is 10.3 Å². The fraction of sp³-hybridized carbons (Fsp3) is 0.327. The lowest BCUT2D eigenvalue weighted by Crippen LogP contribution is -2.23. The molecule has 0 amide bonds. The van der Waals surface area contributed by atoms with Crippen LogP contribution < -0.4 is 19.6 Å². The molecular weight excluding hydrogens is 943 g/mol. The van der Waals surface area contributed by atoms with Crippen LogP contribution >= 0.6 is 55.1 Å². The Hall–Kier alpha value is -4.21. The number of carbonyl (C=O) groups excluding carboxylic acids is 1. The minimum absolute atomic E-state index is 0.253. The molecule has 0 N–H and O–H groups in total. The lowest BCUT2D eigenvalue weighted by atomic mass is 9.83. The van der Waals surface area contributed by atoms with Crippen LogP contribution in [0.2, 0.25) is 10.0 Å². The normalized spacial score (nSPS) is 18.1. The Morgan fingerprint density at radius 3 is 1.03 bits per heavy atom. The smallest absolute Gasteiger partial charge is 0.341 e. The Morgan fingerprint density at radius 1 is 0.468 bits per heavy atom. The monoisotopic (exact) mass is 990 g/mol. The van der Waals surface area contributed by atoms with Crippen molar-refractivity contribution in [3.63, 3.8) is 0 Å². The number of ether oxygens (including phenoxy) is 1. The average molecular weight is 994 g/mol. The molecular formula is C52H50Br2Cl2N4O2. The first-order valence-corrected chi connectivity index (χ1v) is 24.6. The fourth-order valence-corrected chi connectivity index (χ4v) is 12.0. The van der Waals surface area contributed by atoms with E-state index in [2.05, 4.69) is 161 Å². The molecule has 5 heterocycles. The number of halogens is 4. The molecule has 4 fully saturated rings. The van der Waals surface area contributed by atoms with Crippen LogP contribution in [0.5, 0.6) is 0 Å². The largest absolute Gasteiger partial charge is 0.442 e. The van der Waals surface area contributed by atoms with Gasteiger partial charge in [0, 0.05) is 85.1 Å². The van der Waals surface area contributed by atoms with Crippen molar-refractivity contribution in [3.05, 3.63) is 162 Å². The molecule has 0 atom stereocenters. The summed E-state index contributed by atoms with van der Waals surface area (Å²) in [6.07, 6.45) is 13.9. The Kier molecular flexibility index (Phi) is 12.0. The van der Waals surface area contributed by atoms with Gasteiger partial charge in [-0.1, -0.05) is 71.7 Å². The number of benzene rings is 5. The highest BCUT2D eigenvalue weighted by Gasteiger charge is 2.48. The van der Waals surface area contributed by atoms with Gasteiger partial charge in [-0.15, -0.1) is 0 Å². The second kappa shape index (κ2) is 17.8. The van der Waals surface area contributed by atoms with E-state index in [0.717, 1.165) is 85.8 Å². The van der Waals surface area contributed by atoms with Crippen LogP contribution in [0.15, 0.2) is 118 Å². The summed E-state index contributed by atoms with van der Waals surface area (Å²) in [4.78, 5) is 24.3. The zero-order valence-electron chi connectivity index (χ0n) is 34.8. The molecule has 10 rings (SSSR count). The molecule has 5 aromatic carbocycles. The molecule has 0 aromatic heterocycles. The Morgan fingerprint density at radius 2 is 0.742 bits per heavy atom. The summed E-state index contributed by atoms with van der Waals surface area (Å²) in [6, 6.07) is 35.4. The standard InChI is InChI=1S/C52H50Br2Cl2N4O2/c53-47-45-46(48(54)50(56)49(47)55)52(62-51(45)61,33-43(35-9-17-39(18-10-35)57-25-1-2-26-57)36-11-19-40(20-12-36)58-27-3-4-28-58)34-44(37-13-21-41(22-14-37)59-29-5-6-30-59)38-15-23-42(24-16-38)60-31-7-8-32-60/h9-24,33-34H,1-8,25-32H2. The van der Waals surface area contributed by atoms with Crippen molar-refractivity contribution in [3.8, 4) is 0 Å². The van der Waals surface area contributed by atoms with E-state index >= 15 is 0 Å². The number of esters is 1. The highest BCUT2D eigenvalue weighted by Crippen LogP contribution is 2.54. The first-order chi connectivity index (χ1) is 30.3. The number of rotatable bonds is 10. The van der Waals surface area contributed by atoms with Crippen LogP contribution in [-0.4, -0.2) is 58.3 Å². The molecule has 0 bridgehead atoms. The molecule has 0 saturated carbocycles. The Bertz CT molecular complexity index is 2260. The maximum Gasteiger partial charge on any atom is 0.341 e. The number of anilines is 4. The molecule has 0 unspecified atom stereocenters. The van der Waals surface area contributed by atoms with Gasteiger partial charge in [0.25, 0.3) is 0 Å². The number of nitrogens with zero attached hydrogens (tertiary/aromatic N) is 4. The SMILES string of the molecule is O=C1OC(C=C(c2ccc(N3CCCC3)cc2)c2ccc(N3CCCC3)cc2)(C=C(c2ccc(N3CCCC3)cc2)c2ccc(N3CCCC3)cc2)c2c(Br)c(Cl)c(Cl)c(Br)c21. The first kappa shape index (κ1) is 41.8. The van der Waals surface area contributed by atoms with Gasteiger partial charge in [-0.05, 0) is 177 Å². The molecule has 10 heteroatoms. The fourth-order valence-electron chi connectivity index (χ4n) is 10.1. The average Bonchev–Trinajstić information content (AvgIpc) is 4.17. The predicted octanol–water partition coefficient (Wildman–Crippen LogP) is 13.5. The second-order valence-electron chi connectivity index (χ2n) is 17.3. The van der Waals surface area contributed by atoms with Crippen molar-refractivity contribution in [1.29, 1.82) is 0 Å². The maximum absolute atomic E-state index is 14.5. The third kappa shape index (κ3) is 7.99. The Labute approximate surface area is 392 Å². The summed E-state index contributed by atoms with van der Waals surface area (Å²) >= 11 is 21.4. The maximum atomic E-state index is 14.5. The van der Waals surface area contributed by atoms with E-state index in [-0.39, 0.29) is 5.02 Å². The predicted molar refractivity (Wildman–Crippen MR) is 265 cm³/mol. The van der Waals surface area contributed by atoms with Crippen molar-refractivity contribution in [2.24, 2.45) is 0 Å². The van der Waals surface area contributed by atoms with Crippen LogP contribution in [0.4, 0.5) is 22.7 Å². The molecule has 318 valence electrons. The highest BCUT2D eigenvalue weighted by atomic mass is 79.9. The van der Waals surface area contributed by atoms with Gasteiger partial charge < -0.3 is 24.3 Å². The van der Waals surface area contributed by atoms with Crippen LogP contribution in [0.3, 0.4) is 0 Å². The number of fused-ring (bicyclic) bond motifs is 1. The zero-order valence-corrected chi connectivity index (χ0v) is 39.5. The lowest BCUT2D eigenvalue weighted by molar-refractivity contribution is 0.0298. The second-order valence-corrected chi connectivity index (χ2v) is 19.6. The minimum atomic E-state index is -1.44. The van der Waals surface area contributed by atoms with Crippen LogP contribution in [0.1, 0.15) is 89.5 Å². The summed E-state index contributed by atoms with van der Waals surface area (Å²) in [5.41, 5.74) is 10.3. The van der Waals surface area contributed by atoms with Gasteiger partial charge in [0.05, 0.1) is 20.1 Å². The zero-order chi connectivity index (χ0) is 42.4. The minimum Gasteiger partial charge on any atom is -0.442 e. The van der Waals surface area contributed by atoms with Gasteiger partial charge in [0.1, 0.15) is 0 Å². The van der Waals surface area contributed by atoms with E-state index in [1.165, 1.54) is 74.1 Å². The topological polar surface area (TPSA) is 39.3 Å². The van der Waals surface area contributed by atoms with Crippen LogP contribution in [0.25, 0.3) is 11.1 Å². The highest BCUT2D eigenvalue weighted by molar-refractivity contribution is 9.11. The van der Waals surface area contributed by atoms with Crippen molar-refractivity contribution < 1.29 is 9.53 Å². The van der Waals surface area contributed by atoms with Gasteiger partial charge in [0.15, 0.2) is 5.60 Å². The van der Waals surface area contributed by atoms with Crippen molar-refractivity contribution in [1.82, 2.24) is 0 Å². The summed E-state index contributed by atoms with van der Waals surface area (Å²) in [6.45, 7) is 8.51. The van der Waals surface area contributed by atoms with Gasteiger partial charge in [-0.3, -0.25) is 0 Å². The van der Waals surface area contributed by atoms with E-state index in [0.29, 0.717) is 25.1 Å². The van der Waals surface area contributed by atoms with Crippen molar-refractivity contribution in [2.75, 3.05) is 72.0 Å². The molecule has 5 aliphatic rings. The van der Waals surface area contributed by atoms with E-state index in [9.17, 15) is 4.79 Å². The lowest BCUT2D eigenvalue weighted by Gasteiger charge is -2.28. The summed E-state index contributed by atoms with van der Waals surface area (Å²) in [5.74, 6) is -0.486. The number of hydrogen-bond acceptors (Lipinski definition) is 6. The van der Waals surface area contributed by atoms with Crippen molar-refractivity contribution >= 4 is 94.9 Å². The molecule has 5 aromatic rings. The summed E-state index contributed by atoms with van der Waals surface area (Å²) < 4.78 is 7.78. The van der Waals surface area contributed by atoms with E-state index in [1.54, 1.807) is 0 Å². The summed E-state index contributed by atoms with van der Waals surface area (Å²) in [5, 5.41) is 0.559. The van der Waals surface area contributed by atoms with Crippen molar-refractivity contribution in [2.45, 2.75) is 57.0 Å². The molecule has 0 aliphatic carbocycles. The van der Waals surface area contributed by atoms with Gasteiger partial charge in [0.2, 0.25) is 0 Å². The van der Waals surface area contributed by atoms with Crippen LogP contribution in [0, 0.1) is 0 Å². The molecule has 0 spiro atoms. The summed E-state index contributed by atoms with van der Waals surface area (Å²) in [7, 11) is 0.